The van der Waals surface area contributed by atoms with Crippen LogP contribution in [0.4, 0.5) is 5.82 Å². The highest BCUT2D eigenvalue weighted by Gasteiger charge is 2.31. The summed E-state index contributed by atoms with van der Waals surface area (Å²) in [4.78, 5) is 23.6. The number of aromatic nitrogens is 2. The molecule has 1 aromatic rings. The van der Waals surface area contributed by atoms with E-state index in [0.717, 1.165) is 68.8 Å². The van der Waals surface area contributed by atoms with Crippen molar-refractivity contribution in [2.45, 2.75) is 69.2 Å². The van der Waals surface area contributed by atoms with E-state index in [1.165, 1.54) is 11.9 Å². The zero-order valence-electron chi connectivity index (χ0n) is 15.3. The van der Waals surface area contributed by atoms with Crippen molar-refractivity contribution in [1.29, 1.82) is 5.16 Å². The zero-order chi connectivity index (χ0) is 18.6. The van der Waals surface area contributed by atoms with Crippen molar-refractivity contribution in [3.8, 4) is 0 Å². The normalized spacial score (nSPS) is 26.1. The second kappa shape index (κ2) is 9.02. The second-order valence-electron chi connectivity index (χ2n) is 7.28. The molecule has 2 aliphatic carbocycles. The van der Waals surface area contributed by atoms with Gasteiger partial charge < -0.3 is 19.5 Å². The Bertz CT molecular complexity index is 637. The molecule has 7 nitrogen and oxygen atoms in total. The van der Waals surface area contributed by atoms with Gasteiger partial charge in [0.25, 0.3) is 0 Å². The number of hydrogen-bond acceptors (Lipinski definition) is 8. The lowest BCUT2D eigenvalue weighted by molar-refractivity contribution is -0.197. The molecule has 0 bridgehead atoms. The van der Waals surface area contributed by atoms with Crippen molar-refractivity contribution in [2.75, 3.05) is 17.7 Å². The molecule has 2 saturated carbocycles. The predicted octanol–water partition coefficient (Wildman–Crippen LogP) is 2.91. The van der Waals surface area contributed by atoms with Gasteiger partial charge in [-0.1, -0.05) is 18.4 Å². The number of nitrogens with one attached hydrogen (secondary N) is 1. The van der Waals surface area contributed by atoms with Crippen LogP contribution in [0, 0.1) is 5.16 Å². The molecule has 0 saturated heterocycles. The Labute approximate surface area is 160 Å². The molecule has 146 valence electrons. The van der Waals surface area contributed by atoms with E-state index < -0.39 is 7.51 Å². The maximum atomic E-state index is 12.4. The van der Waals surface area contributed by atoms with E-state index in [1.54, 1.807) is 6.20 Å². The van der Waals surface area contributed by atoms with Crippen LogP contribution in [0.2, 0.25) is 0 Å². The highest BCUT2D eigenvalue weighted by Crippen LogP contribution is 2.54. The Balaban J connectivity index is 1.51. The molecule has 1 unspecified atom stereocenters. The van der Waals surface area contributed by atoms with E-state index >= 15 is 0 Å². The van der Waals surface area contributed by atoms with E-state index in [-0.39, 0.29) is 11.8 Å². The van der Waals surface area contributed by atoms with Gasteiger partial charge in [0.05, 0.1) is 6.10 Å². The minimum atomic E-state index is -3.18. The van der Waals surface area contributed by atoms with E-state index in [1.807, 2.05) is 6.07 Å². The number of nitrogens with zero attached hydrogens (tertiary/aromatic N) is 3. The van der Waals surface area contributed by atoms with Gasteiger partial charge in [0, 0.05) is 44.6 Å². The standard InChI is InChI=1S/C17H29N5O2PS/c1-22(17-9-11-20-16(21-17)10-12-26-19)13-5-7-14(8-6-13)24-25(18,23)15-3-2-4-15/h9,11,13-15H,2-8,10,12,19H2,1H3,(H-,18,23)/q-1. The highest BCUT2D eigenvalue weighted by atomic mass is 32.2. The van der Waals surface area contributed by atoms with Gasteiger partial charge in [0.1, 0.15) is 11.6 Å². The van der Waals surface area contributed by atoms with Crippen LogP contribution in [0.3, 0.4) is 0 Å². The summed E-state index contributed by atoms with van der Waals surface area (Å²) in [6.45, 7) is 0. The lowest BCUT2D eigenvalue weighted by Gasteiger charge is -2.45. The van der Waals surface area contributed by atoms with E-state index in [9.17, 15) is 4.89 Å². The van der Waals surface area contributed by atoms with Crippen molar-refractivity contribution >= 4 is 25.3 Å². The summed E-state index contributed by atoms with van der Waals surface area (Å²) in [6.07, 6.45) is 9.02. The molecule has 0 spiro atoms. The molecular formula is C17H29N5O2PS-. The Hall–Kier alpha value is -0.660. The summed E-state index contributed by atoms with van der Waals surface area (Å²) in [5.74, 6) is 2.56. The smallest absolute Gasteiger partial charge is 0.132 e. The van der Waals surface area contributed by atoms with Crippen molar-refractivity contribution in [1.82, 2.24) is 9.97 Å². The Morgan fingerprint density at radius 2 is 2.08 bits per heavy atom. The van der Waals surface area contributed by atoms with Gasteiger partial charge in [-0.25, -0.2) is 9.97 Å². The van der Waals surface area contributed by atoms with Crippen LogP contribution in [0.1, 0.15) is 50.8 Å². The first-order valence-corrected chi connectivity index (χ1v) is 12.1. The molecule has 1 heterocycles. The first-order valence-electron chi connectivity index (χ1n) is 9.39. The molecule has 1 aromatic heterocycles. The summed E-state index contributed by atoms with van der Waals surface area (Å²) < 4.78 is 5.74. The molecule has 0 aromatic carbocycles. The third kappa shape index (κ3) is 4.98. The van der Waals surface area contributed by atoms with Gasteiger partial charge in [-0.15, -0.1) is 0 Å². The summed E-state index contributed by atoms with van der Waals surface area (Å²) in [7, 11) is -1.11. The SMILES string of the molecule is CN(c1ccnc(CCSN)n1)C1CCC(OP(=N)([O-])C2CCC2)CC1. The molecular weight excluding hydrogens is 369 g/mol. The molecule has 2 aliphatic rings. The van der Waals surface area contributed by atoms with Crippen LogP contribution in [0.15, 0.2) is 12.3 Å². The van der Waals surface area contributed by atoms with E-state index in [2.05, 4.69) is 21.9 Å². The number of nitrogens with two attached hydrogens (primary N) is 1. The number of aryl methyl sites for hydroxylation is 1. The molecule has 3 rings (SSSR count). The fourth-order valence-electron chi connectivity index (χ4n) is 3.61. The average Bonchev–Trinajstić information content (AvgIpc) is 2.58. The Kier molecular flexibility index (Phi) is 6.97. The lowest BCUT2D eigenvalue weighted by Crippen LogP contribution is -2.38. The van der Waals surface area contributed by atoms with E-state index in [4.69, 9.17) is 14.8 Å². The fourth-order valence-corrected chi connectivity index (χ4v) is 5.79. The van der Waals surface area contributed by atoms with Crippen LogP contribution < -0.4 is 14.9 Å². The van der Waals surface area contributed by atoms with Gasteiger partial charge >= 0.3 is 0 Å². The molecule has 0 radical (unpaired) electrons. The first-order chi connectivity index (χ1) is 12.5. The van der Waals surface area contributed by atoms with Crippen LogP contribution in [-0.2, 0) is 10.9 Å². The number of anilines is 1. The molecule has 26 heavy (non-hydrogen) atoms. The monoisotopic (exact) mass is 398 g/mol. The van der Waals surface area contributed by atoms with Crippen molar-refractivity contribution in [2.24, 2.45) is 5.14 Å². The van der Waals surface area contributed by atoms with E-state index in [0.29, 0.717) is 6.04 Å². The summed E-state index contributed by atoms with van der Waals surface area (Å²) in [5.41, 5.74) is -0.0194. The van der Waals surface area contributed by atoms with Crippen LogP contribution >= 0.6 is 19.5 Å². The predicted molar refractivity (Wildman–Crippen MR) is 105 cm³/mol. The molecule has 2 fully saturated rings. The summed E-state index contributed by atoms with van der Waals surface area (Å²) in [5, 5.41) is 13.5. The molecule has 9 heteroatoms. The fraction of sp³-hybridized carbons (Fsp3) is 0.765. The average molecular weight is 398 g/mol. The van der Waals surface area contributed by atoms with Gasteiger partial charge in [-0.3, -0.25) is 5.14 Å². The van der Waals surface area contributed by atoms with Gasteiger partial charge in [-0.05, 0) is 44.6 Å². The molecule has 0 aliphatic heterocycles. The van der Waals surface area contributed by atoms with Gasteiger partial charge in [0.15, 0.2) is 0 Å². The zero-order valence-corrected chi connectivity index (χ0v) is 17.1. The first kappa shape index (κ1) is 20.1. The third-order valence-electron chi connectivity index (χ3n) is 5.55. The number of rotatable bonds is 8. The third-order valence-corrected chi connectivity index (χ3v) is 8.08. The lowest BCUT2D eigenvalue weighted by atomic mass is 9.92. The molecule has 0 amide bonds. The van der Waals surface area contributed by atoms with Crippen LogP contribution in [-0.4, -0.2) is 40.6 Å². The quantitative estimate of drug-likeness (QED) is 0.511. The van der Waals surface area contributed by atoms with Crippen molar-refractivity contribution in [3.05, 3.63) is 18.1 Å². The topological polar surface area (TPSA) is 111 Å². The highest BCUT2D eigenvalue weighted by molar-refractivity contribution is 7.97. The van der Waals surface area contributed by atoms with Crippen molar-refractivity contribution in [3.63, 3.8) is 0 Å². The van der Waals surface area contributed by atoms with Crippen LogP contribution in [0.25, 0.3) is 0 Å². The summed E-state index contributed by atoms with van der Waals surface area (Å²) >= 11 is 1.31. The Morgan fingerprint density at radius 1 is 1.35 bits per heavy atom. The summed E-state index contributed by atoms with van der Waals surface area (Å²) in [6, 6.07) is 2.33. The molecule has 1 atom stereocenters. The Morgan fingerprint density at radius 3 is 2.69 bits per heavy atom. The maximum absolute atomic E-state index is 12.4. The minimum absolute atomic E-state index is 0.0194. The minimum Gasteiger partial charge on any atom is -0.795 e. The van der Waals surface area contributed by atoms with Gasteiger partial charge in [-0.2, -0.15) is 0 Å². The second-order valence-corrected chi connectivity index (χ2v) is 10.2. The van der Waals surface area contributed by atoms with Crippen LogP contribution in [0.5, 0.6) is 0 Å². The van der Waals surface area contributed by atoms with Crippen molar-refractivity contribution < 1.29 is 9.42 Å². The molecule has 3 N–H and O–H groups in total. The number of hydrogen-bond donors (Lipinski definition) is 2. The largest absolute Gasteiger partial charge is 0.795 e. The van der Waals surface area contributed by atoms with Gasteiger partial charge in [0.2, 0.25) is 0 Å². The maximum Gasteiger partial charge on any atom is 0.132 e.